The number of methoxy groups -OCH3 is 1. The van der Waals surface area contributed by atoms with E-state index in [4.69, 9.17) is 4.74 Å². The Balaban J connectivity index is 1.95. The van der Waals surface area contributed by atoms with Gasteiger partial charge in [-0.3, -0.25) is 14.7 Å². The van der Waals surface area contributed by atoms with Gasteiger partial charge in [0.2, 0.25) is 0 Å². The smallest absolute Gasteiger partial charge is 0.325 e. The van der Waals surface area contributed by atoms with Crippen molar-refractivity contribution in [3.63, 3.8) is 0 Å². The quantitative estimate of drug-likeness (QED) is 0.854. The maximum atomic E-state index is 14.2. The van der Waals surface area contributed by atoms with E-state index in [1.165, 1.54) is 25.1 Å². The number of carbonyl (C=O) groups excluding carboxylic acids is 2. The van der Waals surface area contributed by atoms with Crippen LogP contribution in [0.3, 0.4) is 0 Å². The molecular weight excluding hydrogens is 337 g/mol. The molecule has 7 heteroatoms. The summed E-state index contributed by atoms with van der Waals surface area (Å²) < 4.78 is 19.6. The summed E-state index contributed by atoms with van der Waals surface area (Å²) in [4.78, 5) is 30.8. The lowest BCUT2D eigenvalue weighted by atomic mass is 9.91. The summed E-state index contributed by atoms with van der Waals surface area (Å²) in [6.45, 7) is 5.17. The third-order valence-electron chi connectivity index (χ3n) is 4.75. The minimum absolute atomic E-state index is 0.0167. The summed E-state index contributed by atoms with van der Waals surface area (Å²) in [7, 11) is 1.56. The Labute approximate surface area is 151 Å². The molecule has 1 aromatic carbocycles. The highest BCUT2D eigenvalue weighted by molar-refractivity contribution is 6.07. The lowest BCUT2D eigenvalue weighted by molar-refractivity contribution is -0.131. The number of pyridine rings is 1. The third kappa shape index (κ3) is 2.69. The van der Waals surface area contributed by atoms with Crippen molar-refractivity contribution < 1.29 is 18.7 Å². The monoisotopic (exact) mass is 357 g/mol. The van der Waals surface area contributed by atoms with E-state index in [1.807, 2.05) is 13.8 Å². The van der Waals surface area contributed by atoms with Gasteiger partial charge in [0.05, 0.1) is 19.3 Å². The van der Waals surface area contributed by atoms with Crippen LogP contribution in [0.15, 0.2) is 30.5 Å². The summed E-state index contributed by atoms with van der Waals surface area (Å²) in [6.07, 6.45) is 1.63. The molecule has 3 rings (SSSR count). The summed E-state index contributed by atoms with van der Waals surface area (Å²) in [5.74, 6) is -0.399. The number of hydrogen-bond donors (Lipinski definition) is 1. The standard InChI is InChI=1S/C19H20FN3O3/c1-11-9-21-15(12(2)16(11)26-4)10-23-17(24)19(3,22-18(23)25)13-7-5-6-8-14(13)20/h5-9H,10H2,1-4H3,(H,22,25)/t19-/m0/s1. The number of halogens is 1. The van der Waals surface area contributed by atoms with Crippen LogP contribution in [0.2, 0.25) is 0 Å². The van der Waals surface area contributed by atoms with Crippen molar-refractivity contribution in [2.24, 2.45) is 0 Å². The number of nitrogens with zero attached hydrogens (tertiary/aromatic N) is 2. The minimum Gasteiger partial charge on any atom is -0.496 e. The van der Waals surface area contributed by atoms with Gasteiger partial charge >= 0.3 is 6.03 Å². The van der Waals surface area contributed by atoms with Gasteiger partial charge in [0.1, 0.15) is 17.1 Å². The number of urea groups is 1. The van der Waals surface area contributed by atoms with Gasteiger partial charge in [-0.2, -0.15) is 0 Å². The first-order chi connectivity index (χ1) is 12.3. The van der Waals surface area contributed by atoms with Crippen LogP contribution in [0, 0.1) is 19.7 Å². The van der Waals surface area contributed by atoms with Gasteiger partial charge in [0.25, 0.3) is 5.91 Å². The maximum Gasteiger partial charge on any atom is 0.325 e. The molecule has 1 N–H and O–H groups in total. The van der Waals surface area contributed by atoms with Gasteiger partial charge in [-0.1, -0.05) is 18.2 Å². The zero-order chi connectivity index (χ0) is 19.1. The van der Waals surface area contributed by atoms with Crippen LogP contribution in [0.1, 0.15) is 29.3 Å². The summed E-state index contributed by atoms with van der Waals surface area (Å²) in [5.41, 5.74) is 0.848. The number of nitrogens with one attached hydrogen (secondary N) is 1. The van der Waals surface area contributed by atoms with E-state index in [0.29, 0.717) is 11.4 Å². The number of ether oxygens (including phenoxy) is 1. The van der Waals surface area contributed by atoms with Crippen LogP contribution < -0.4 is 10.1 Å². The molecule has 1 aliphatic rings. The van der Waals surface area contributed by atoms with Gasteiger partial charge in [0, 0.05) is 22.9 Å². The molecular formula is C19H20FN3O3. The van der Waals surface area contributed by atoms with Crippen molar-refractivity contribution in [2.75, 3.05) is 7.11 Å². The van der Waals surface area contributed by atoms with E-state index in [9.17, 15) is 14.0 Å². The van der Waals surface area contributed by atoms with Gasteiger partial charge in [0.15, 0.2) is 0 Å². The number of rotatable bonds is 4. The molecule has 6 nitrogen and oxygen atoms in total. The minimum atomic E-state index is -1.45. The Morgan fingerprint density at radius 2 is 1.96 bits per heavy atom. The molecule has 1 saturated heterocycles. The molecule has 1 aliphatic heterocycles. The lowest BCUT2D eigenvalue weighted by Crippen LogP contribution is -2.41. The Morgan fingerprint density at radius 3 is 2.62 bits per heavy atom. The second-order valence-corrected chi connectivity index (χ2v) is 6.47. The normalized spacial score (nSPS) is 19.7. The zero-order valence-electron chi connectivity index (χ0n) is 15.1. The van der Waals surface area contributed by atoms with Crippen molar-refractivity contribution in [3.8, 4) is 5.75 Å². The fraction of sp³-hybridized carbons (Fsp3) is 0.316. The fourth-order valence-corrected chi connectivity index (χ4v) is 3.27. The Hall–Kier alpha value is -2.96. The molecule has 1 atom stereocenters. The molecule has 0 saturated carbocycles. The van der Waals surface area contributed by atoms with E-state index >= 15 is 0 Å². The SMILES string of the molecule is COc1c(C)cnc(CN2C(=O)N[C@@](C)(c3ccccc3F)C2=O)c1C. The Bertz CT molecular complexity index is 900. The topological polar surface area (TPSA) is 71.5 Å². The second-order valence-electron chi connectivity index (χ2n) is 6.47. The van der Waals surface area contributed by atoms with Gasteiger partial charge < -0.3 is 10.1 Å². The number of aryl methyl sites for hydroxylation is 1. The molecule has 3 amide bonds. The molecule has 136 valence electrons. The molecule has 0 aliphatic carbocycles. The first kappa shape index (κ1) is 17.8. The van der Waals surface area contributed by atoms with E-state index in [0.717, 1.165) is 16.0 Å². The Kier molecular flexibility index (Phi) is 4.39. The highest BCUT2D eigenvalue weighted by Crippen LogP contribution is 2.32. The number of amides is 3. The van der Waals surface area contributed by atoms with Crippen LogP contribution in [0.25, 0.3) is 0 Å². The average Bonchev–Trinajstić information content (AvgIpc) is 2.82. The molecule has 0 unspecified atom stereocenters. The lowest BCUT2D eigenvalue weighted by Gasteiger charge is -2.23. The molecule has 1 aromatic heterocycles. The van der Waals surface area contributed by atoms with Crippen molar-refractivity contribution >= 4 is 11.9 Å². The molecule has 0 bridgehead atoms. The first-order valence-electron chi connectivity index (χ1n) is 8.17. The predicted molar refractivity (Wildman–Crippen MR) is 93.1 cm³/mol. The van der Waals surface area contributed by atoms with E-state index in [1.54, 1.807) is 19.4 Å². The summed E-state index contributed by atoms with van der Waals surface area (Å²) in [6, 6.07) is 5.34. The van der Waals surface area contributed by atoms with E-state index in [2.05, 4.69) is 10.3 Å². The second kappa shape index (κ2) is 6.40. The van der Waals surface area contributed by atoms with E-state index in [-0.39, 0.29) is 12.1 Å². The Morgan fingerprint density at radius 1 is 1.27 bits per heavy atom. The number of benzene rings is 1. The summed E-state index contributed by atoms with van der Waals surface area (Å²) >= 11 is 0. The zero-order valence-corrected chi connectivity index (χ0v) is 15.1. The maximum absolute atomic E-state index is 14.2. The molecule has 26 heavy (non-hydrogen) atoms. The number of aromatic nitrogens is 1. The van der Waals surface area contributed by atoms with Crippen molar-refractivity contribution in [1.82, 2.24) is 15.2 Å². The first-order valence-corrected chi connectivity index (χ1v) is 8.17. The van der Waals surface area contributed by atoms with Gasteiger partial charge in [-0.25, -0.2) is 9.18 Å². The summed E-state index contributed by atoms with van der Waals surface area (Å²) in [5, 5.41) is 2.61. The van der Waals surface area contributed by atoms with Crippen LogP contribution in [0.5, 0.6) is 5.75 Å². The van der Waals surface area contributed by atoms with Gasteiger partial charge in [-0.05, 0) is 26.8 Å². The molecule has 2 aromatic rings. The highest BCUT2D eigenvalue weighted by atomic mass is 19.1. The molecule has 0 radical (unpaired) electrons. The van der Waals surface area contributed by atoms with Crippen LogP contribution in [0.4, 0.5) is 9.18 Å². The van der Waals surface area contributed by atoms with Crippen LogP contribution in [-0.4, -0.2) is 28.9 Å². The number of hydrogen-bond acceptors (Lipinski definition) is 4. The van der Waals surface area contributed by atoms with Gasteiger partial charge in [-0.15, -0.1) is 0 Å². The van der Waals surface area contributed by atoms with Crippen molar-refractivity contribution in [1.29, 1.82) is 0 Å². The predicted octanol–water partition coefficient (Wildman–Crippen LogP) is 2.81. The number of imide groups is 1. The molecule has 2 heterocycles. The highest BCUT2D eigenvalue weighted by Gasteiger charge is 2.50. The largest absolute Gasteiger partial charge is 0.496 e. The average molecular weight is 357 g/mol. The molecule has 0 spiro atoms. The molecule has 1 fully saturated rings. The van der Waals surface area contributed by atoms with Crippen LogP contribution >= 0.6 is 0 Å². The van der Waals surface area contributed by atoms with E-state index < -0.39 is 23.3 Å². The van der Waals surface area contributed by atoms with Crippen molar-refractivity contribution in [3.05, 3.63) is 58.7 Å². The van der Waals surface area contributed by atoms with Crippen LogP contribution in [-0.2, 0) is 16.9 Å². The fourth-order valence-electron chi connectivity index (χ4n) is 3.27. The number of carbonyl (C=O) groups is 2. The van der Waals surface area contributed by atoms with Crippen molar-refractivity contribution in [2.45, 2.75) is 32.9 Å². The third-order valence-corrected chi connectivity index (χ3v) is 4.75.